The molecule has 2 aromatic heterocycles. The zero-order valence-corrected chi connectivity index (χ0v) is 14.0. The number of sulfonamides is 1. The van der Waals surface area contributed by atoms with Crippen molar-refractivity contribution in [1.29, 1.82) is 0 Å². The zero-order chi connectivity index (χ0) is 18.4. The SMILES string of the molecule is Cc1cc(Cl)n2nc(S(=O)(=O)Nc3ccccc3C(F)(F)F)nc2n1. The first-order chi connectivity index (χ1) is 11.6. The molecule has 0 radical (unpaired) electrons. The lowest BCUT2D eigenvalue weighted by molar-refractivity contribution is -0.136. The molecular weight excluding hydrogens is 383 g/mol. The van der Waals surface area contributed by atoms with Gasteiger partial charge in [0.1, 0.15) is 5.15 Å². The van der Waals surface area contributed by atoms with Crippen LogP contribution in [0.15, 0.2) is 35.5 Å². The van der Waals surface area contributed by atoms with E-state index in [1.807, 2.05) is 4.72 Å². The summed E-state index contributed by atoms with van der Waals surface area (Å²) in [5.74, 6) is -0.0884. The first-order valence-corrected chi connectivity index (χ1v) is 8.53. The fraction of sp³-hybridized carbons (Fsp3) is 0.154. The van der Waals surface area contributed by atoms with E-state index >= 15 is 0 Å². The number of hydrogen-bond donors (Lipinski definition) is 1. The van der Waals surface area contributed by atoms with Crippen molar-refractivity contribution >= 4 is 33.1 Å². The van der Waals surface area contributed by atoms with Gasteiger partial charge in [0, 0.05) is 5.69 Å². The molecule has 0 unspecified atom stereocenters. The molecular formula is C13H9ClF3N5O2S. The molecule has 0 saturated heterocycles. The van der Waals surface area contributed by atoms with Gasteiger partial charge in [-0.3, -0.25) is 4.72 Å². The fourth-order valence-electron chi connectivity index (χ4n) is 2.05. The van der Waals surface area contributed by atoms with Crippen molar-refractivity contribution in [2.45, 2.75) is 18.3 Å². The molecule has 0 bridgehead atoms. The van der Waals surface area contributed by atoms with Crippen LogP contribution in [0.1, 0.15) is 11.3 Å². The minimum absolute atomic E-state index is 0.0622. The maximum absolute atomic E-state index is 13.0. The Labute approximate surface area is 144 Å². The smallest absolute Gasteiger partial charge is 0.276 e. The van der Waals surface area contributed by atoms with Crippen molar-refractivity contribution < 1.29 is 21.6 Å². The van der Waals surface area contributed by atoms with Gasteiger partial charge in [-0.1, -0.05) is 23.7 Å². The summed E-state index contributed by atoms with van der Waals surface area (Å²) in [6, 6.07) is 5.61. The molecule has 132 valence electrons. The molecule has 0 atom stereocenters. The zero-order valence-electron chi connectivity index (χ0n) is 12.4. The van der Waals surface area contributed by atoms with Crippen molar-refractivity contribution in [2.24, 2.45) is 0 Å². The van der Waals surface area contributed by atoms with Crippen molar-refractivity contribution in [3.63, 3.8) is 0 Å². The maximum atomic E-state index is 13.0. The van der Waals surface area contributed by atoms with Crippen molar-refractivity contribution in [2.75, 3.05) is 4.72 Å². The standard InChI is InChI=1S/C13H9ClF3N5O2S/c1-7-6-10(14)22-11(18-7)19-12(20-22)25(23,24)21-9-5-3-2-4-8(9)13(15,16)17/h2-6,21H,1H3. The van der Waals surface area contributed by atoms with Crippen LogP contribution >= 0.6 is 11.6 Å². The number of alkyl halides is 3. The first-order valence-electron chi connectivity index (χ1n) is 6.67. The number of nitrogens with one attached hydrogen (secondary N) is 1. The number of nitrogens with zero attached hydrogens (tertiary/aromatic N) is 4. The number of rotatable bonds is 3. The van der Waals surface area contributed by atoms with Gasteiger partial charge in [0.05, 0.1) is 11.3 Å². The topological polar surface area (TPSA) is 89.3 Å². The molecule has 7 nitrogen and oxygen atoms in total. The quantitative estimate of drug-likeness (QED) is 0.693. The second-order valence-electron chi connectivity index (χ2n) is 4.98. The predicted octanol–water partition coefficient (Wildman–Crippen LogP) is 2.91. The van der Waals surface area contributed by atoms with E-state index in [-0.39, 0.29) is 10.9 Å². The monoisotopic (exact) mass is 391 g/mol. The molecule has 0 aliphatic carbocycles. The van der Waals surface area contributed by atoms with Crippen LogP contribution in [-0.2, 0) is 16.2 Å². The number of aryl methyl sites for hydroxylation is 1. The van der Waals surface area contributed by atoms with Crippen LogP contribution in [0.2, 0.25) is 5.15 Å². The summed E-state index contributed by atoms with van der Waals surface area (Å²) in [6.07, 6.45) is -4.73. The Morgan fingerprint density at radius 3 is 2.56 bits per heavy atom. The van der Waals surface area contributed by atoms with Gasteiger partial charge in [-0.2, -0.15) is 31.1 Å². The van der Waals surface area contributed by atoms with Gasteiger partial charge in [0.15, 0.2) is 0 Å². The largest absolute Gasteiger partial charge is 0.418 e. The third kappa shape index (κ3) is 3.37. The molecule has 0 fully saturated rings. The molecule has 3 rings (SSSR count). The molecule has 25 heavy (non-hydrogen) atoms. The number of halogens is 4. The molecule has 0 spiro atoms. The Hall–Kier alpha value is -2.40. The van der Waals surface area contributed by atoms with Gasteiger partial charge in [0.2, 0.25) is 0 Å². The van der Waals surface area contributed by atoms with Crippen LogP contribution in [0.5, 0.6) is 0 Å². The second kappa shape index (κ2) is 5.85. The Bertz CT molecular complexity index is 1070. The molecule has 0 saturated carbocycles. The Kier molecular flexibility index (Phi) is 4.07. The van der Waals surface area contributed by atoms with E-state index in [4.69, 9.17) is 11.6 Å². The third-order valence-electron chi connectivity index (χ3n) is 3.09. The highest BCUT2D eigenvalue weighted by Crippen LogP contribution is 2.35. The van der Waals surface area contributed by atoms with Gasteiger partial charge in [-0.25, -0.2) is 4.98 Å². The summed E-state index contributed by atoms with van der Waals surface area (Å²) in [7, 11) is -4.48. The van der Waals surface area contributed by atoms with Crippen LogP contribution in [0.4, 0.5) is 18.9 Å². The van der Waals surface area contributed by atoms with Crippen LogP contribution in [0.3, 0.4) is 0 Å². The number of benzene rings is 1. The van der Waals surface area contributed by atoms with Crippen molar-refractivity contribution in [3.8, 4) is 0 Å². The Balaban J connectivity index is 2.06. The van der Waals surface area contributed by atoms with Gasteiger partial charge in [-0.15, -0.1) is 5.10 Å². The minimum atomic E-state index is -4.73. The summed E-state index contributed by atoms with van der Waals surface area (Å²) in [5, 5.41) is 3.01. The lowest BCUT2D eigenvalue weighted by Crippen LogP contribution is -2.18. The number of hydrogen-bond acceptors (Lipinski definition) is 5. The van der Waals surface area contributed by atoms with E-state index in [0.717, 1.165) is 22.7 Å². The van der Waals surface area contributed by atoms with E-state index in [2.05, 4.69) is 15.1 Å². The number of para-hydroxylation sites is 1. The van der Waals surface area contributed by atoms with E-state index in [9.17, 15) is 21.6 Å². The minimum Gasteiger partial charge on any atom is -0.276 e. The number of aromatic nitrogens is 4. The van der Waals surface area contributed by atoms with Crippen LogP contribution in [0.25, 0.3) is 5.78 Å². The van der Waals surface area contributed by atoms with Crippen LogP contribution in [-0.4, -0.2) is 28.0 Å². The first kappa shape index (κ1) is 17.4. The molecule has 3 aromatic rings. The van der Waals surface area contributed by atoms with Gasteiger partial charge >= 0.3 is 6.18 Å². The maximum Gasteiger partial charge on any atom is 0.418 e. The molecule has 2 heterocycles. The summed E-state index contributed by atoms with van der Waals surface area (Å²) < 4.78 is 66.5. The highest BCUT2D eigenvalue weighted by Gasteiger charge is 2.35. The average molecular weight is 392 g/mol. The molecule has 12 heteroatoms. The van der Waals surface area contributed by atoms with Crippen molar-refractivity contribution in [1.82, 2.24) is 19.6 Å². The second-order valence-corrected chi connectivity index (χ2v) is 6.94. The van der Waals surface area contributed by atoms with Gasteiger partial charge in [-0.05, 0) is 25.1 Å². The predicted molar refractivity (Wildman–Crippen MR) is 82.8 cm³/mol. The summed E-state index contributed by atoms with van der Waals surface area (Å²) in [4.78, 5) is 7.69. The summed E-state index contributed by atoms with van der Waals surface area (Å²) >= 11 is 5.93. The summed E-state index contributed by atoms with van der Waals surface area (Å²) in [6.45, 7) is 1.62. The summed E-state index contributed by atoms with van der Waals surface area (Å²) in [5.41, 5.74) is -1.29. The molecule has 0 amide bonds. The van der Waals surface area contributed by atoms with Crippen LogP contribution < -0.4 is 4.72 Å². The fourth-order valence-corrected chi connectivity index (χ4v) is 3.27. The number of fused-ring (bicyclic) bond motifs is 1. The van der Waals surface area contributed by atoms with Gasteiger partial charge < -0.3 is 0 Å². The highest BCUT2D eigenvalue weighted by atomic mass is 35.5. The molecule has 1 aromatic carbocycles. The Morgan fingerprint density at radius 2 is 1.88 bits per heavy atom. The lowest BCUT2D eigenvalue weighted by Gasteiger charge is -2.13. The van der Waals surface area contributed by atoms with Crippen LogP contribution in [0, 0.1) is 6.92 Å². The van der Waals surface area contributed by atoms with E-state index in [1.165, 1.54) is 12.1 Å². The average Bonchev–Trinajstić information content (AvgIpc) is 2.91. The Morgan fingerprint density at radius 1 is 1.20 bits per heavy atom. The van der Waals surface area contributed by atoms with Crippen molar-refractivity contribution in [3.05, 3.63) is 46.7 Å². The van der Waals surface area contributed by atoms with E-state index in [0.29, 0.717) is 5.69 Å². The third-order valence-corrected chi connectivity index (χ3v) is 4.51. The molecule has 0 aliphatic heterocycles. The van der Waals surface area contributed by atoms with Gasteiger partial charge in [0.25, 0.3) is 21.0 Å². The normalized spacial score (nSPS) is 12.5. The van der Waals surface area contributed by atoms with E-state index < -0.39 is 32.6 Å². The highest BCUT2D eigenvalue weighted by molar-refractivity contribution is 7.92. The lowest BCUT2D eigenvalue weighted by atomic mass is 10.2. The molecule has 0 aliphatic rings. The number of anilines is 1. The molecule has 1 N–H and O–H groups in total. The van der Waals surface area contributed by atoms with E-state index in [1.54, 1.807) is 6.92 Å².